The fourth-order valence-electron chi connectivity index (χ4n) is 7.09. The summed E-state index contributed by atoms with van der Waals surface area (Å²) in [5, 5.41) is 0. The van der Waals surface area contributed by atoms with Gasteiger partial charge < -0.3 is 8.83 Å². The van der Waals surface area contributed by atoms with E-state index in [1.165, 1.54) is 55.7 Å². The Morgan fingerprint density at radius 3 is 1.30 bits per heavy atom. The topological polar surface area (TPSA) is 26.3 Å². The molecule has 4 aromatic carbocycles. The molecule has 208 valence electrons. The van der Waals surface area contributed by atoms with Crippen molar-refractivity contribution in [3.8, 4) is 22.3 Å². The number of hydrogen-bond acceptors (Lipinski definition) is 2. The molecule has 0 radical (unpaired) electrons. The highest BCUT2D eigenvalue weighted by atomic mass is 16.3. The zero-order valence-corrected chi connectivity index (χ0v) is 24.4. The molecular formula is C41H32O2. The lowest BCUT2D eigenvalue weighted by molar-refractivity contribution is 0.510. The summed E-state index contributed by atoms with van der Waals surface area (Å²) < 4.78 is 12.6. The average Bonchev–Trinajstić information content (AvgIpc) is 3.84. The second-order valence-corrected chi connectivity index (χ2v) is 11.7. The van der Waals surface area contributed by atoms with Crippen molar-refractivity contribution in [2.24, 2.45) is 0 Å². The monoisotopic (exact) mass is 556 g/mol. The Hall–Kier alpha value is -5.08. The van der Waals surface area contributed by atoms with E-state index in [1.54, 1.807) is 0 Å². The van der Waals surface area contributed by atoms with Crippen LogP contribution in [0, 0.1) is 13.8 Å². The van der Waals surface area contributed by atoms with E-state index in [0.29, 0.717) is 0 Å². The fraction of sp³-hybridized carbons (Fsp3) is 0.122. The number of hydrogen-bond donors (Lipinski definition) is 0. The molecule has 2 aromatic heterocycles. The quantitative estimate of drug-likeness (QED) is 0.204. The molecule has 2 nitrogen and oxygen atoms in total. The molecule has 2 aliphatic carbocycles. The summed E-state index contributed by atoms with van der Waals surface area (Å²) in [6.45, 7) is 4.05. The van der Waals surface area contributed by atoms with E-state index in [0.717, 1.165) is 29.5 Å². The van der Waals surface area contributed by atoms with Gasteiger partial charge in [0.25, 0.3) is 0 Å². The largest absolute Gasteiger partial charge is 0.462 e. The van der Waals surface area contributed by atoms with Crippen molar-refractivity contribution in [1.29, 1.82) is 0 Å². The summed E-state index contributed by atoms with van der Waals surface area (Å²) in [7, 11) is 0. The first-order valence-electron chi connectivity index (χ1n) is 15.1. The number of furan rings is 2. The highest BCUT2D eigenvalue weighted by molar-refractivity contribution is 5.98. The lowest BCUT2D eigenvalue weighted by Gasteiger charge is -2.24. The normalized spacial score (nSPS) is 17.0. The predicted octanol–water partition coefficient (Wildman–Crippen LogP) is 11.2. The first-order valence-corrected chi connectivity index (χ1v) is 15.1. The third-order valence-electron chi connectivity index (χ3n) is 9.07. The summed E-state index contributed by atoms with van der Waals surface area (Å²) in [5.41, 5.74) is 12.8. The molecule has 0 bridgehead atoms. The van der Waals surface area contributed by atoms with Crippen LogP contribution in [0.15, 0.2) is 130 Å². The van der Waals surface area contributed by atoms with E-state index >= 15 is 0 Å². The molecule has 2 atom stereocenters. The van der Waals surface area contributed by atoms with Crippen LogP contribution in [0.5, 0.6) is 0 Å². The standard InChI is InChI=1S/C41H32O2/c1-26-19-21-40(42-26)38-24-34-30(28-11-5-3-6-12-28)15-9-17-32(34)36(38)23-37-33-18-10-16-31(29-13-7-4-8-14-29)35(33)25-39(37)41-22-20-27(2)43-41/h3-22,24-25,36-37H,23H2,1-2H3. The van der Waals surface area contributed by atoms with Crippen LogP contribution in [0.3, 0.4) is 0 Å². The van der Waals surface area contributed by atoms with Crippen LogP contribution in [0.1, 0.15) is 63.6 Å². The van der Waals surface area contributed by atoms with Gasteiger partial charge in [-0.05, 0) is 101 Å². The summed E-state index contributed by atoms with van der Waals surface area (Å²) >= 11 is 0. The molecule has 0 amide bonds. The minimum absolute atomic E-state index is 0.167. The SMILES string of the molecule is Cc1ccc(C2=Cc3c(-c4ccccc4)cccc3C2CC2C(c3ccc(C)o3)=Cc3c(-c4ccccc4)cccc32)o1. The zero-order chi connectivity index (χ0) is 28.9. The van der Waals surface area contributed by atoms with E-state index in [1.807, 2.05) is 13.8 Å². The molecule has 2 aliphatic rings. The van der Waals surface area contributed by atoms with Crippen molar-refractivity contribution in [2.75, 3.05) is 0 Å². The van der Waals surface area contributed by atoms with Crippen molar-refractivity contribution in [1.82, 2.24) is 0 Å². The molecule has 6 aromatic rings. The Morgan fingerprint density at radius 1 is 0.465 bits per heavy atom. The Bertz CT molecular complexity index is 1870. The van der Waals surface area contributed by atoms with Gasteiger partial charge in [-0.3, -0.25) is 0 Å². The first-order chi connectivity index (χ1) is 21.1. The van der Waals surface area contributed by atoms with Gasteiger partial charge in [0.05, 0.1) is 0 Å². The number of fused-ring (bicyclic) bond motifs is 2. The molecule has 43 heavy (non-hydrogen) atoms. The van der Waals surface area contributed by atoms with Gasteiger partial charge >= 0.3 is 0 Å². The van der Waals surface area contributed by atoms with Gasteiger partial charge in [-0.15, -0.1) is 0 Å². The third-order valence-corrected chi connectivity index (χ3v) is 9.07. The third kappa shape index (κ3) is 4.42. The second-order valence-electron chi connectivity index (χ2n) is 11.7. The van der Waals surface area contributed by atoms with E-state index in [-0.39, 0.29) is 11.8 Å². The average molecular weight is 557 g/mol. The smallest absolute Gasteiger partial charge is 0.130 e. The minimum Gasteiger partial charge on any atom is -0.462 e. The van der Waals surface area contributed by atoms with Crippen molar-refractivity contribution >= 4 is 23.3 Å². The molecular weight excluding hydrogens is 524 g/mol. The van der Waals surface area contributed by atoms with Crippen molar-refractivity contribution in [2.45, 2.75) is 32.1 Å². The summed E-state index contributed by atoms with van der Waals surface area (Å²) in [5.74, 6) is 4.10. The number of rotatable bonds is 6. The Labute approximate surface area is 252 Å². The lowest BCUT2D eigenvalue weighted by atomic mass is 9.79. The Balaban J connectivity index is 1.28. The second kappa shape index (κ2) is 10.3. The minimum atomic E-state index is 0.167. The molecule has 0 saturated heterocycles. The maximum Gasteiger partial charge on any atom is 0.130 e. The Kier molecular flexibility index (Phi) is 6.15. The number of allylic oxidation sites excluding steroid dienone is 2. The highest BCUT2D eigenvalue weighted by Crippen LogP contribution is 2.55. The summed E-state index contributed by atoms with van der Waals surface area (Å²) in [6, 6.07) is 43.3. The van der Waals surface area contributed by atoms with E-state index in [4.69, 9.17) is 8.83 Å². The first kappa shape index (κ1) is 25.6. The van der Waals surface area contributed by atoms with Crippen molar-refractivity contribution < 1.29 is 8.83 Å². The van der Waals surface area contributed by atoms with E-state index in [9.17, 15) is 0 Å². The van der Waals surface area contributed by atoms with Gasteiger partial charge in [-0.25, -0.2) is 0 Å². The number of aryl methyl sites for hydroxylation is 2. The summed E-state index contributed by atoms with van der Waals surface area (Å²) in [6.07, 6.45) is 5.65. The molecule has 2 heteroatoms. The molecule has 0 saturated carbocycles. The molecule has 2 heterocycles. The van der Waals surface area contributed by atoms with Gasteiger partial charge in [0, 0.05) is 23.0 Å². The van der Waals surface area contributed by atoms with Crippen LogP contribution in [0.2, 0.25) is 0 Å². The predicted molar refractivity (Wildman–Crippen MR) is 176 cm³/mol. The fourth-order valence-corrected chi connectivity index (χ4v) is 7.09. The van der Waals surface area contributed by atoms with Crippen LogP contribution in [-0.4, -0.2) is 0 Å². The van der Waals surface area contributed by atoms with Crippen molar-refractivity contribution in [3.63, 3.8) is 0 Å². The van der Waals surface area contributed by atoms with Gasteiger partial charge in [0.15, 0.2) is 0 Å². The van der Waals surface area contributed by atoms with Gasteiger partial charge in [-0.1, -0.05) is 97.1 Å². The van der Waals surface area contributed by atoms with Gasteiger partial charge in [-0.2, -0.15) is 0 Å². The highest BCUT2D eigenvalue weighted by Gasteiger charge is 2.37. The maximum atomic E-state index is 6.30. The van der Waals surface area contributed by atoms with Crippen LogP contribution < -0.4 is 0 Å². The van der Waals surface area contributed by atoms with Crippen molar-refractivity contribution in [3.05, 3.63) is 167 Å². The molecule has 0 N–H and O–H groups in total. The molecule has 0 fully saturated rings. The molecule has 0 aliphatic heterocycles. The van der Waals surface area contributed by atoms with Gasteiger partial charge in [0.1, 0.15) is 23.0 Å². The molecule has 8 rings (SSSR count). The molecule has 0 spiro atoms. The molecule has 2 unspecified atom stereocenters. The van der Waals surface area contributed by atoms with Crippen LogP contribution in [0.25, 0.3) is 45.6 Å². The summed E-state index contributed by atoms with van der Waals surface area (Å²) in [4.78, 5) is 0. The van der Waals surface area contributed by atoms with Crippen LogP contribution in [0.4, 0.5) is 0 Å². The Morgan fingerprint density at radius 2 is 0.907 bits per heavy atom. The van der Waals surface area contributed by atoms with E-state index in [2.05, 4.69) is 133 Å². The zero-order valence-electron chi connectivity index (χ0n) is 24.4. The lowest BCUT2D eigenvalue weighted by Crippen LogP contribution is -2.07. The van der Waals surface area contributed by atoms with Gasteiger partial charge in [0.2, 0.25) is 0 Å². The van der Waals surface area contributed by atoms with E-state index < -0.39 is 0 Å². The van der Waals surface area contributed by atoms with Crippen LogP contribution >= 0.6 is 0 Å². The van der Waals surface area contributed by atoms with Crippen LogP contribution in [-0.2, 0) is 0 Å². The maximum absolute atomic E-state index is 6.30. The number of benzene rings is 4.